The minimum atomic E-state index is -1.03. The molecule has 0 saturated carbocycles. The van der Waals surface area contributed by atoms with E-state index in [1.165, 1.54) is 6.07 Å². The lowest BCUT2D eigenvalue weighted by Crippen LogP contribution is -2.02. The molecule has 0 aromatic heterocycles. The fourth-order valence-electron chi connectivity index (χ4n) is 1.25. The summed E-state index contributed by atoms with van der Waals surface area (Å²) in [6.45, 7) is 0.554. The highest BCUT2D eigenvalue weighted by molar-refractivity contribution is 5.88. The number of nitrogens with two attached hydrogens (primary N) is 1. The molecule has 0 spiro atoms. The predicted molar refractivity (Wildman–Crippen MR) is 52.4 cm³/mol. The number of benzene rings is 1. The van der Waals surface area contributed by atoms with E-state index in [-0.39, 0.29) is 11.3 Å². The second-order valence-corrected chi connectivity index (χ2v) is 3.09. The van der Waals surface area contributed by atoms with Crippen LogP contribution in [-0.2, 0) is 6.42 Å². The summed E-state index contributed by atoms with van der Waals surface area (Å²) in [5.74, 6) is -1.05. The molecule has 14 heavy (non-hydrogen) atoms. The van der Waals surface area contributed by atoms with Gasteiger partial charge >= 0.3 is 5.97 Å². The van der Waals surface area contributed by atoms with Crippen molar-refractivity contribution in [3.63, 3.8) is 0 Å². The maximum atomic E-state index is 10.6. The van der Waals surface area contributed by atoms with E-state index in [2.05, 4.69) is 0 Å². The molecular formula is C10H13NO3. The summed E-state index contributed by atoms with van der Waals surface area (Å²) in [5, 5.41) is 18.0. The molecular weight excluding hydrogens is 182 g/mol. The van der Waals surface area contributed by atoms with Gasteiger partial charge in [-0.25, -0.2) is 4.79 Å². The first-order valence-electron chi connectivity index (χ1n) is 4.40. The fourth-order valence-corrected chi connectivity index (χ4v) is 1.25. The predicted octanol–water partition coefficient (Wildman–Crippen LogP) is 0.982. The van der Waals surface area contributed by atoms with Gasteiger partial charge in [0.2, 0.25) is 0 Å². The number of hydrogen-bond acceptors (Lipinski definition) is 3. The second-order valence-electron chi connectivity index (χ2n) is 3.09. The Morgan fingerprint density at radius 2 is 2.07 bits per heavy atom. The van der Waals surface area contributed by atoms with Crippen molar-refractivity contribution in [2.75, 3.05) is 6.54 Å². The molecule has 0 amide bonds. The Morgan fingerprint density at radius 3 is 2.64 bits per heavy atom. The van der Waals surface area contributed by atoms with Gasteiger partial charge in [-0.1, -0.05) is 0 Å². The molecule has 0 bridgehead atoms. The van der Waals surface area contributed by atoms with Crippen molar-refractivity contribution < 1.29 is 15.0 Å². The van der Waals surface area contributed by atoms with E-state index in [1.807, 2.05) is 0 Å². The van der Waals surface area contributed by atoms with Gasteiger partial charge in [0.1, 0.15) is 5.75 Å². The van der Waals surface area contributed by atoms with Crippen molar-refractivity contribution in [3.8, 4) is 5.75 Å². The van der Waals surface area contributed by atoms with E-state index in [1.54, 1.807) is 12.1 Å². The average molecular weight is 195 g/mol. The number of carboxylic acid groups (broad SMARTS) is 1. The number of phenolic OH excluding ortho intramolecular Hbond substituents is 1. The smallest absolute Gasteiger partial charge is 0.335 e. The molecule has 0 atom stereocenters. The van der Waals surface area contributed by atoms with Crippen molar-refractivity contribution in [1.82, 2.24) is 0 Å². The molecule has 0 unspecified atom stereocenters. The van der Waals surface area contributed by atoms with Crippen LogP contribution in [0.2, 0.25) is 0 Å². The summed E-state index contributed by atoms with van der Waals surface area (Å²) >= 11 is 0. The minimum absolute atomic E-state index is 0.0167. The van der Waals surface area contributed by atoms with Crippen molar-refractivity contribution in [2.45, 2.75) is 12.8 Å². The lowest BCUT2D eigenvalue weighted by atomic mass is 10.1. The molecule has 0 radical (unpaired) electrons. The van der Waals surface area contributed by atoms with Crippen molar-refractivity contribution >= 4 is 5.97 Å². The summed E-state index contributed by atoms with van der Waals surface area (Å²) in [7, 11) is 0. The monoisotopic (exact) mass is 195 g/mol. The molecule has 0 saturated heterocycles. The molecule has 0 aliphatic rings. The number of hydrogen-bond donors (Lipinski definition) is 3. The average Bonchev–Trinajstić information content (AvgIpc) is 2.14. The zero-order valence-electron chi connectivity index (χ0n) is 7.73. The zero-order chi connectivity index (χ0) is 10.6. The second kappa shape index (κ2) is 4.62. The van der Waals surface area contributed by atoms with Crippen LogP contribution in [0.4, 0.5) is 0 Å². The SMILES string of the molecule is NCCCc1cc(O)cc(C(=O)O)c1. The molecule has 4 N–H and O–H groups in total. The fraction of sp³-hybridized carbons (Fsp3) is 0.300. The van der Waals surface area contributed by atoms with Gasteiger partial charge in [-0.2, -0.15) is 0 Å². The standard InChI is InChI=1S/C10H13NO3/c11-3-1-2-7-4-8(10(13)14)6-9(12)5-7/h4-6,12H,1-3,11H2,(H,13,14). The van der Waals surface area contributed by atoms with Gasteiger partial charge in [0.25, 0.3) is 0 Å². The zero-order valence-corrected chi connectivity index (χ0v) is 7.73. The Kier molecular flexibility index (Phi) is 3.48. The number of phenols is 1. The molecule has 4 nitrogen and oxygen atoms in total. The van der Waals surface area contributed by atoms with Crippen LogP contribution in [0.3, 0.4) is 0 Å². The maximum Gasteiger partial charge on any atom is 0.335 e. The van der Waals surface area contributed by atoms with Gasteiger partial charge in [-0.05, 0) is 43.1 Å². The molecule has 0 heterocycles. The number of aromatic carboxylic acids is 1. The van der Waals surface area contributed by atoms with E-state index in [0.29, 0.717) is 13.0 Å². The Hall–Kier alpha value is -1.55. The van der Waals surface area contributed by atoms with Crippen molar-refractivity contribution in [1.29, 1.82) is 0 Å². The van der Waals surface area contributed by atoms with Crippen LogP contribution in [0.15, 0.2) is 18.2 Å². The normalized spacial score (nSPS) is 10.1. The summed E-state index contributed by atoms with van der Waals surface area (Å²) < 4.78 is 0. The van der Waals surface area contributed by atoms with Crippen LogP contribution in [-0.4, -0.2) is 22.7 Å². The minimum Gasteiger partial charge on any atom is -0.508 e. The highest BCUT2D eigenvalue weighted by Crippen LogP contribution is 2.16. The molecule has 0 aliphatic heterocycles. The lowest BCUT2D eigenvalue weighted by molar-refractivity contribution is 0.0696. The largest absolute Gasteiger partial charge is 0.508 e. The van der Waals surface area contributed by atoms with Crippen LogP contribution < -0.4 is 5.73 Å². The van der Waals surface area contributed by atoms with E-state index >= 15 is 0 Å². The summed E-state index contributed by atoms with van der Waals surface area (Å²) in [4.78, 5) is 10.6. The van der Waals surface area contributed by atoms with Gasteiger partial charge in [0.05, 0.1) is 5.56 Å². The first-order valence-corrected chi connectivity index (χ1v) is 4.40. The van der Waals surface area contributed by atoms with Crippen LogP contribution in [0.1, 0.15) is 22.3 Å². The van der Waals surface area contributed by atoms with Crippen LogP contribution in [0.5, 0.6) is 5.75 Å². The van der Waals surface area contributed by atoms with Gasteiger partial charge in [-0.15, -0.1) is 0 Å². The van der Waals surface area contributed by atoms with E-state index in [9.17, 15) is 9.90 Å². The third-order valence-corrected chi connectivity index (χ3v) is 1.89. The highest BCUT2D eigenvalue weighted by atomic mass is 16.4. The molecule has 1 aromatic carbocycles. The molecule has 1 rings (SSSR count). The number of carbonyl (C=O) groups is 1. The Morgan fingerprint density at radius 1 is 1.36 bits per heavy atom. The quantitative estimate of drug-likeness (QED) is 0.668. The van der Waals surface area contributed by atoms with E-state index < -0.39 is 5.97 Å². The van der Waals surface area contributed by atoms with Crippen LogP contribution >= 0.6 is 0 Å². The summed E-state index contributed by atoms with van der Waals surface area (Å²) in [6.07, 6.45) is 1.47. The third-order valence-electron chi connectivity index (χ3n) is 1.89. The summed E-state index contributed by atoms with van der Waals surface area (Å²) in [6, 6.07) is 4.34. The Labute approximate surface area is 82.0 Å². The number of aromatic hydroxyl groups is 1. The van der Waals surface area contributed by atoms with E-state index in [0.717, 1.165) is 12.0 Å². The van der Waals surface area contributed by atoms with Crippen LogP contribution in [0.25, 0.3) is 0 Å². The van der Waals surface area contributed by atoms with Crippen LogP contribution in [0, 0.1) is 0 Å². The first-order chi connectivity index (χ1) is 6.63. The van der Waals surface area contributed by atoms with Crippen molar-refractivity contribution in [2.24, 2.45) is 5.73 Å². The maximum absolute atomic E-state index is 10.6. The third kappa shape index (κ3) is 2.74. The van der Waals surface area contributed by atoms with Gasteiger partial charge in [-0.3, -0.25) is 0 Å². The Bertz CT molecular complexity index is 336. The van der Waals surface area contributed by atoms with Gasteiger partial charge < -0.3 is 15.9 Å². The van der Waals surface area contributed by atoms with Gasteiger partial charge in [0, 0.05) is 0 Å². The number of rotatable bonds is 4. The first kappa shape index (κ1) is 10.5. The molecule has 1 aromatic rings. The van der Waals surface area contributed by atoms with Crippen molar-refractivity contribution in [3.05, 3.63) is 29.3 Å². The highest BCUT2D eigenvalue weighted by Gasteiger charge is 2.05. The van der Waals surface area contributed by atoms with Gasteiger partial charge in [0.15, 0.2) is 0 Å². The molecule has 4 heteroatoms. The number of aryl methyl sites for hydroxylation is 1. The molecule has 76 valence electrons. The van der Waals surface area contributed by atoms with E-state index in [4.69, 9.17) is 10.8 Å². The molecule has 0 fully saturated rings. The summed E-state index contributed by atoms with van der Waals surface area (Å²) in [5.41, 5.74) is 6.24. The molecule has 0 aliphatic carbocycles. The Balaban J connectivity index is 2.89. The lowest BCUT2D eigenvalue weighted by Gasteiger charge is -2.03. The number of carboxylic acids is 1. The topological polar surface area (TPSA) is 83.5 Å².